The Kier molecular flexibility index (Phi) is 4.54. The molecule has 0 spiro atoms. The molecule has 2 rings (SSSR count). The highest BCUT2D eigenvalue weighted by atomic mass is 19.4. The SMILES string of the molecule is NNC(Cc1ccncc1)c1cc(F)ccc1C(F)(F)F. The molecule has 1 aromatic heterocycles. The molecule has 0 bridgehead atoms. The van der Waals surface area contributed by atoms with E-state index in [1.54, 1.807) is 12.1 Å². The summed E-state index contributed by atoms with van der Waals surface area (Å²) in [5, 5.41) is 0. The Bertz CT molecular complexity index is 599. The fourth-order valence-electron chi connectivity index (χ4n) is 2.09. The zero-order chi connectivity index (χ0) is 15.5. The molecule has 0 amide bonds. The van der Waals surface area contributed by atoms with Gasteiger partial charge in [-0.15, -0.1) is 0 Å². The van der Waals surface area contributed by atoms with Gasteiger partial charge < -0.3 is 0 Å². The summed E-state index contributed by atoms with van der Waals surface area (Å²) >= 11 is 0. The van der Waals surface area contributed by atoms with Crippen LogP contribution in [0.4, 0.5) is 17.6 Å². The third-order valence-corrected chi connectivity index (χ3v) is 3.08. The second-order valence-corrected chi connectivity index (χ2v) is 4.51. The minimum Gasteiger partial charge on any atom is -0.271 e. The molecule has 0 aliphatic heterocycles. The van der Waals surface area contributed by atoms with Crippen molar-refractivity contribution >= 4 is 0 Å². The van der Waals surface area contributed by atoms with Crippen LogP contribution in [0.3, 0.4) is 0 Å². The molecule has 0 aliphatic rings. The lowest BCUT2D eigenvalue weighted by Gasteiger charge is -2.21. The summed E-state index contributed by atoms with van der Waals surface area (Å²) in [4.78, 5) is 3.83. The molecule has 3 nitrogen and oxygen atoms in total. The molecular weight excluding hydrogens is 286 g/mol. The summed E-state index contributed by atoms with van der Waals surface area (Å²) in [6, 6.07) is 4.83. The van der Waals surface area contributed by atoms with Crippen LogP contribution in [0.5, 0.6) is 0 Å². The van der Waals surface area contributed by atoms with Crippen molar-refractivity contribution in [2.24, 2.45) is 5.84 Å². The lowest BCUT2D eigenvalue weighted by molar-refractivity contribution is -0.138. The van der Waals surface area contributed by atoms with Crippen molar-refractivity contribution in [3.05, 3.63) is 65.2 Å². The molecule has 1 atom stereocenters. The van der Waals surface area contributed by atoms with Crippen LogP contribution < -0.4 is 11.3 Å². The van der Waals surface area contributed by atoms with Crippen LogP contribution in [0.25, 0.3) is 0 Å². The van der Waals surface area contributed by atoms with E-state index in [1.807, 2.05) is 0 Å². The van der Waals surface area contributed by atoms with E-state index in [9.17, 15) is 17.6 Å². The number of hydrazine groups is 1. The standard InChI is InChI=1S/C14H13F4N3/c15-10-1-2-12(14(16,17)18)11(8-10)13(21-19)7-9-3-5-20-6-4-9/h1-6,8,13,21H,7,19H2. The maximum Gasteiger partial charge on any atom is 0.416 e. The number of hydrogen-bond donors (Lipinski definition) is 2. The number of nitrogens with zero attached hydrogens (tertiary/aromatic N) is 1. The fourth-order valence-corrected chi connectivity index (χ4v) is 2.09. The summed E-state index contributed by atoms with van der Waals surface area (Å²) in [7, 11) is 0. The van der Waals surface area contributed by atoms with Crippen molar-refractivity contribution in [2.45, 2.75) is 18.6 Å². The summed E-state index contributed by atoms with van der Waals surface area (Å²) in [5.74, 6) is 4.62. The van der Waals surface area contributed by atoms with Gasteiger partial charge in [0.2, 0.25) is 0 Å². The smallest absolute Gasteiger partial charge is 0.271 e. The number of benzene rings is 1. The van der Waals surface area contributed by atoms with Crippen molar-refractivity contribution in [2.75, 3.05) is 0 Å². The van der Waals surface area contributed by atoms with E-state index in [-0.39, 0.29) is 12.0 Å². The Morgan fingerprint density at radius 1 is 1.14 bits per heavy atom. The van der Waals surface area contributed by atoms with Crippen LogP contribution in [-0.2, 0) is 12.6 Å². The molecule has 3 N–H and O–H groups in total. The number of nitrogens with one attached hydrogen (secondary N) is 1. The van der Waals surface area contributed by atoms with Crippen LogP contribution in [0.2, 0.25) is 0 Å². The Hall–Kier alpha value is -1.99. The van der Waals surface area contributed by atoms with Gasteiger partial charge in [0.15, 0.2) is 0 Å². The number of hydrogen-bond acceptors (Lipinski definition) is 3. The van der Waals surface area contributed by atoms with Crippen LogP contribution in [0, 0.1) is 5.82 Å². The lowest BCUT2D eigenvalue weighted by Crippen LogP contribution is -2.31. The first-order valence-electron chi connectivity index (χ1n) is 6.13. The van der Waals surface area contributed by atoms with Gasteiger partial charge in [-0.25, -0.2) is 4.39 Å². The van der Waals surface area contributed by atoms with Crippen LogP contribution in [-0.4, -0.2) is 4.98 Å². The Labute approximate surface area is 118 Å². The Morgan fingerprint density at radius 2 is 1.81 bits per heavy atom. The number of pyridine rings is 1. The predicted molar refractivity (Wildman–Crippen MR) is 69.4 cm³/mol. The molecule has 1 heterocycles. The molecule has 0 saturated heterocycles. The van der Waals surface area contributed by atoms with Crippen molar-refractivity contribution in [3.63, 3.8) is 0 Å². The van der Waals surface area contributed by atoms with E-state index in [0.717, 1.165) is 23.8 Å². The molecule has 1 unspecified atom stereocenters. The molecule has 0 aliphatic carbocycles. The third-order valence-electron chi connectivity index (χ3n) is 3.08. The minimum absolute atomic E-state index is 0.186. The number of aromatic nitrogens is 1. The molecule has 112 valence electrons. The zero-order valence-electron chi connectivity index (χ0n) is 10.9. The Balaban J connectivity index is 2.40. The number of alkyl halides is 3. The first kappa shape index (κ1) is 15.4. The first-order valence-corrected chi connectivity index (χ1v) is 6.13. The van der Waals surface area contributed by atoms with E-state index >= 15 is 0 Å². The molecule has 0 radical (unpaired) electrons. The van der Waals surface area contributed by atoms with E-state index in [4.69, 9.17) is 5.84 Å². The van der Waals surface area contributed by atoms with E-state index in [0.29, 0.717) is 0 Å². The molecule has 0 fully saturated rings. The summed E-state index contributed by atoms with van der Waals surface area (Å²) < 4.78 is 52.4. The van der Waals surface area contributed by atoms with Crippen molar-refractivity contribution < 1.29 is 17.6 Å². The predicted octanol–water partition coefficient (Wildman–Crippen LogP) is 2.99. The van der Waals surface area contributed by atoms with Crippen LogP contribution in [0.1, 0.15) is 22.7 Å². The highest BCUT2D eigenvalue weighted by Gasteiger charge is 2.35. The normalized spacial score (nSPS) is 13.2. The van der Waals surface area contributed by atoms with Crippen molar-refractivity contribution in [1.29, 1.82) is 0 Å². The van der Waals surface area contributed by atoms with Gasteiger partial charge in [-0.1, -0.05) is 0 Å². The Morgan fingerprint density at radius 3 is 2.38 bits per heavy atom. The molecule has 21 heavy (non-hydrogen) atoms. The van der Waals surface area contributed by atoms with E-state index in [1.165, 1.54) is 12.4 Å². The monoisotopic (exact) mass is 299 g/mol. The fraction of sp³-hybridized carbons (Fsp3) is 0.214. The lowest BCUT2D eigenvalue weighted by atomic mass is 9.95. The molecule has 0 saturated carbocycles. The molecule has 1 aromatic carbocycles. The second kappa shape index (κ2) is 6.19. The number of rotatable bonds is 4. The van der Waals surface area contributed by atoms with E-state index < -0.39 is 23.6 Å². The average molecular weight is 299 g/mol. The van der Waals surface area contributed by atoms with Crippen LogP contribution in [0.15, 0.2) is 42.7 Å². The van der Waals surface area contributed by atoms with Gasteiger partial charge in [-0.05, 0) is 47.9 Å². The summed E-state index contributed by atoms with van der Waals surface area (Å²) in [6.45, 7) is 0. The maximum absolute atomic E-state index is 13.3. The average Bonchev–Trinajstić information content (AvgIpc) is 2.44. The largest absolute Gasteiger partial charge is 0.416 e. The van der Waals surface area contributed by atoms with Crippen molar-refractivity contribution in [1.82, 2.24) is 10.4 Å². The maximum atomic E-state index is 13.3. The van der Waals surface area contributed by atoms with Gasteiger partial charge in [0.05, 0.1) is 11.6 Å². The van der Waals surface area contributed by atoms with Gasteiger partial charge in [-0.2, -0.15) is 13.2 Å². The molecule has 2 aromatic rings. The van der Waals surface area contributed by atoms with Gasteiger partial charge in [0.25, 0.3) is 0 Å². The second-order valence-electron chi connectivity index (χ2n) is 4.51. The highest BCUT2D eigenvalue weighted by molar-refractivity contribution is 5.34. The molecule has 7 heteroatoms. The van der Waals surface area contributed by atoms with Gasteiger partial charge >= 0.3 is 6.18 Å². The quantitative estimate of drug-likeness (QED) is 0.518. The van der Waals surface area contributed by atoms with E-state index in [2.05, 4.69) is 10.4 Å². The van der Waals surface area contributed by atoms with Crippen LogP contribution >= 0.6 is 0 Å². The van der Waals surface area contributed by atoms with Crippen molar-refractivity contribution in [3.8, 4) is 0 Å². The van der Waals surface area contributed by atoms with Gasteiger partial charge in [-0.3, -0.25) is 16.3 Å². The topological polar surface area (TPSA) is 50.9 Å². The van der Waals surface area contributed by atoms with Gasteiger partial charge in [0.1, 0.15) is 5.82 Å². The van der Waals surface area contributed by atoms with Gasteiger partial charge in [0, 0.05) is 12.4 Å². The minimum atomic E-state index is -4.57. The summed E-state index contributed by atoms with van der Waals surface area (Å²) in [5.41, 5.74) is 1.94. The summed E-state index contributed by atoms with van der Waals surface area (Å²) in [6.07, 6.45) is -1.33. The highest BCUT2D eigenvalue weighted by Crippen LogP contribution is 2.35. The third kappa shape index (κ3) is 3.77. The first-order chi connectivity index (χ1) is 9.91. The zero-order valence-corrected chi connectivity index (χ0v) is 10.9. The molecular formula is C14H13F4N3. The number of halogens is 4. The number of nitrogens with two attached hydrogens (primary N) is 1.